The Kier molecular flexibility index (Phi) is 10.0. The van der Waals surface area contributed by atoms with Crippen molar-refractivity contribution in [3.63, 3.8) is 0 Å². The van der Waals surface area contributed by atoms with E-state index < -0.39 is 12.1 Å². The maximum Gasteiger partial charge on any atom is 0.490 e. The van der Waals surface area contributed by atoms with Gasteiger partial charge in [-0.1, -0.05) is 36.4 Å². The minimum absolute atomic E-state index is 0.137. The number of benzene rings is 2. The lowest BCUT2D eigenvalue weighted by molar-refractivity contribution is -0.192. The van der Waals surface area contributed by atoms with E-state index in [1.807, 2.05) is 35.2 Å². The van der Waals surface area contributed by atoms with Crippen LogP contribution in [0.1, 0.15) is 23.2 Å². The summed E-state index contributed by atoms with van der Waals surface area (Å²) in [4.78, 5) is 26.8. The topological polar surface area (TPSA) is 82.1 Å². The molecule has 198 valence electrons. The predicted molar refractivity (Wildman–Crippen MR) is 135 cm³/mol. The molecule has 0 aliphatic carbocycles. The number of halogens is 3. The standard InChI is InChI=1S/C23H31N3O2S.C2HF3O2/c1-28-12-9-19-16-26(11-10-25(19)15-18-13-20(29)14-24-18)23(27)22-8-4-6-17-5-2-3-7-21(17)22;3-2(4,5)1(6)7/h2-8,18-20,24,29H,9-16H2,1H3;(H,6,7)/t18-,19-,20-;/m0./s1. The molecule has 0 spiro atoms. The highest BCUT2D eigenvalue weighted by Gasteiger charge is 2.38. The Morgan fingerprint density at radius 2 is 1.86 bits per heavy atom. The van der Waals surface area contributed by atoms with E-state index in [0.29, 0.717) is 23.9 Å². The zero-order chi connectivity index (χ0) is 26.3. The van der Waals surface area contributed by atoms with Crippen molar-refractivity contribution in [3.8, 4) is 0 Å². The molecule has 2 aliphatic heterocycles. The number of carbonyl (C=O) groups excluding carboxylic acids is 1. The first kappa shape index (κ1) is 28.2. The second-order valence-electron chi connectivity index (χ2n) is 9.01. The highest BCUT2D eigenvalue weighted by Crippen LogP contribution is 2.23. The summed E-state index contributed by atoms with van der Waals surface area (Å²) in [5.41, 5.74) is 0.803. The van der Waals surface area contributed by atoms with Crippen LogP contribution in [0.4, 0.5) is 13.2 Å². The van der Waals surface area contributed by atoms with Crippen LogP contribution in [0, 0.1) is 0 Å². The number of nitrogens with one attached hydrogen (secondary N) is 1. The SMILES string of the molecule is COCC[C@H]1CN(C(=O)c2cccc3ccccc23)CCN1C[C@@H]1C[C@H](S)CN1.O=C(O)C(F)(F)F. The lowest BCUT2D eigenvalue weighted by Crippen LogP contribution is -2.57. The van der Waals surface area contributed by atoms with E-state index in [1.165, 1.54) is 0 Å². The van der Waals surface area contributed by atoms with Crippen molar-refractivity contribution in [3.05, 3.63) is 48.0 Å². The number of carboxylic acids is 1. The number of methoxy groups -OCH3 is 1. The fourth-order valence-electron chi connectivity index (χ4n) is 4.65. The number of aliphatic carboxylic acids is 1. The van der Waals surface area contributed by atoms with E-state index in [4.69, 9.17) is 14.6 Å². The second-order valence-corrected chi connectivity index (χ2v) is 9.74. The monoisotopic (exact) mass is 527 g/mol. The summed E-state index contributed by atoms with van der Waals surface area (Å²) < 4.78 is 37.1. The van der Waals surface area contributed by atoms with Gasteiger partial charge in [0.1, 0.15) is 0 Å². The summed E-state index contributed by atoms with van der Waals surface area (Å²) in [6.07, 6.45) is -3.04. The van der Waals surface area contributed by atoms with E-state index in [1.54, 1.807) is 7.11 Å². The molecule has 2 aromatic rings. The van der Waals surface area contributed by atoms with Crippen molar-refractivity contribution in [1.82, 2.24) is 15.1 Å². The van der Waals surface area contributed by atoms with E-state index in [0.717, 1.165) is 61.9 Å². The number of hydrogen-bond acceptors (Lipinski definition) is 6. The highest BCUT2D eigenvalue weighted by atomic mass is 32.1. The van der Waals surface area contributed by atoms with Crippen molar-refractivity contribution in [1.29, 1.82) is 0 Å². The van der Waals surface area contributed by atoms with Crippen LogP contribution in [-0.2, 0) is 9.53 Å². The molecular weight excluding hydrogens is 495 g/mol. The second kappa shape index (κ2) is 12.8. The molecule has 0 saturated carbocycles. The average Bonchev–Trinajstić information content (AvgIpc) is 3.26. The Labute approximate surface area is 214 Å². The Morgan fingerprint density at radius 3 is 2.50 bits per heavy atom. The molecule has 36 heavy (non-hydrogen) atoms. The van der Waals surface area contributed by atoms with Gasteiger partial charge in [-0.3, -0.25) is 9.69 Å². The molecule has 4 rings (SSSR count). The van der Waals surface area contributed by atoms with Gasteiger partial charge in [0.15, 0.2) is 0 Å². The normalized spacial score (nSPS) is 22.8. The van der Waals surface area contributed by atoms with Crippen LogP contribution in [0.5, 0.6) is 0 Å². The Morgan fingerprint density at radius 1 is 1.17 bits per heavy atom. The number of fused-ring (bicyclic) bond motifs is 1. The predicted octanol–water partition coefficient (Wildman–Crippen LogP) is 3.30. The minimum Gasteiger partial charge on any atom is -0.475 e. The molecule has 1 amide bonds. The molecule has 7 nitrogen and oxygen atoms in total. The van der Waals surface area contributed by atoms with Gasteiger partial charge in [-0.15, -0.1) is 0 Å². The average molecular weight is 528 g/mol. The van der Waals surface area contributed by atoms with Gasteiger partial charge in [-0.05, 0) is 29.7 Å². The van der Waals surface area contributed by atoms with Gasteiger partial charge < -0.3 is 20.1 Å². The van der Waals surface area contributed by atoms with Gasteiger partial charge in [0.05, 0.1) is 0 Å². The molecule has 0 unspecified atom stereocenters. The maximum atomic E-state index is 13.4. The summed E-state index contributed by atoms with van der Waals surface area (Å²) >= 11 is 4.61. The van der Waals surface area contributed by atoms with Crippen LogP contribution in [0.3, 0.4) is 0 Å². The summed E-state index contributed by atoms with van der Waals surface area (Å²) in [6, 6.07) is 14.9. The smallest absolute Gasteiger partial charge is 0.475 e. The van der Waals surface area contributed by atoms with Gasteiger partial charge >= 0.3 is 12.1 Å². The molecule has 0 aromatic heterocycles. The van der Waals surface area contributed by atoms with Crippen LogP contribution in [0.15, 0.2) is 42.5 Å². The number of alkyl halides is 3. The number of carboxylic acid groups (broad SMARTS) is 1. The van der Waals surface area contributed by atoms with E-state index >= 15 is 0 Å². The molecule has 2 aliphatic rings. The van der Waals surface area contributed by atoms with Crippen molar-refractivity contribution in [2.45, 2.75) is 36.4 Å². The first-order chi connectivity index (χ1) is 17.1. The summed E-state index contributed by atoms with van der Waals surface area (Å²) in [7, 11) is 1.75. The quantitative estimate of drug-likeness (QED) is 0.501. The van der Waals surface area contributed by atoms with Crippen molar-refractivity contribution in [2.24, 2.45) is 0 Å². The number of thiol groups is 1. The number of nitrogens with zero attached hydrogens (tertiary/aromatic N) is 2. The molecule has 0 bridgehead atoms. The minimum atomic E-state index is -5.08. The third kappa shape index (κ3) is 7.58. The molecule has 11 heteroatoms. The molecule has 2 N–H and O–H groups in total. The Hall–Kier alpha value is -2.34. The molecule has 2 fully saturated rings. The largest absolute Gasteiger partial charge is 0.490 e. The Balaban J connectivity index is 0.000000454. The van der Waals surface area contributed by atoms with Crippen molar-refractivity contribution in [2.75, 3.05) is 46.4 Å². The summed E-state index contributed by atoms with van der Waals surface area (Å²) in [5.74, 6) is -2.62. The van der Waals surface area contributed by atoms with E-state index in [9.17, 15) is 18.0 Å². The van der Waals surface area contributed by atoms with Gasteiger partial charge in [0, 0.05) is 69.3 Å². The van der Waals surface area contributed by atoms with E-state index in [-0.39, 0.29) is 5.91 Å². The Bertz CT molecular complexity index is 1030. The molecule has 3 atom stereocenters. The number of rotatable bonds is 6. The van der Waals surface area contributed by atoms with Crippen LogP contribution in [0.25, 0.3) is 10.8 Å². The highest BCUT2D eigenvalue weighted by molar-refractivity contribution is 7.81. The van der Waals surface area contributed by atoms with Gasteiger partial charge in [0.2, 0.25) is 0 Å². The summed E-state index contributed by atoms with van der Waals surface area (Å²) in [5, 5.41) is 13.3. The lowest BCUT2D eigenvalue weighted by Gasteiger charge is -2.42. The first-order valence-electron chi connectivity index (χ1n) is 11.8. The number of piperazine rings is 1. The number of hydrogen-bond donors (Lipinski definition) is 3. The van der Waals surface area contributed by atoms with Crippen LogP contribution in [0.2, 0.25) is 0 Å². The zero-order valence-electron chi connectivity index (χ0n) is 20.1. The van der Waals surface area contributed by atoms with Gasteiger partial charge in [-0.2, -0.15) is 25.8 Å². The summed E-state index contributed by atoms with van der Waals surface area (Å²) in [6.45, 7) is 5.13. The van der Waals surface area contributed by atoms with Gasteiger partial charge in [0.25, 0.3) is 5.91 Å². The van der Waals surface area contributed by atoms with Gasteiger partial charge in [-0.25, -0.2) is 4.79 Å². The molecular formula is C25H32F3N3O4S. The number of carbonyl (C=O) groups is 2. The van der Waals surface area contributed by atoms with Crippen molar-refractivity contribution >= 4 is 35.3 Å². The molecule has 0 radical (unpaired) electrons. The van der Waals surface area contributed by atoms with E-state index in [2.05, 4.69) is 35.0 Å². The third-order valence-corrected chi connectivity index (χ3v) is 6.86. The third-order valence-electron chi connectivity index (χ3n) is 6.46. The van der Waals surface area contributed by atoms with Crippen LogP contribution >= 0.6 is 12.6 Å². The number of amides is 1. The number of ether oxygens (including phenoxy) is 1. The van der Waals surface area contributed by atoms with Crippen LogP contribution in [-0.4, -0.2) is 96.7 Å². The van der Waals surface area contributed by atoms with Crippen molar-refractivity contribution < 1.29 is 32.6 Å². The lowest BCUT2D eigenvalue weighted by atomic mass is 10.0. The fourth-order valence-corrected chi connectivity index (χ4v) is 5.01. The maximum absolute atomic E-state index is 13.4. The zero-order valence-corrected chi connectivity index (χ0v) is 21.0. The fraction of sp³-hybridized carbons (Fsp3) is 0.520. The first-order valence-corrected chi connectivity index (χ1v) is 12.3. The molecule has 2 aromatic carbocycles. The molecule has 2 heterocycles. The molecule has 2 saturated heterocycles. The van der Waals surface area contributed by atoms with Crippen LogP contribution < -0.4 is 5.32 Å².